The average molecular weight is 261 g/mol. The lowest BCUT2D eigenvalue weighted by molar-refractivity contribution is 0.0949. The number of halogens is 1. The summed E-state index contributed by atoms with van der Waals surface area (Å²) < 4.78 is 13.7. The summed E-state index contributed by atoms with van der Waals surface area (Å²) in [6, 6.07) is 3.59. The second-order valence-electron chi connectivity index (χ2n) is 6.01. The second-order valence-corrected chi connectivity index (χ2v) is 6.01. The van der Waals surface area contributed by atoms with Crippen molar-refractivity contribution in [3.63, 3.8) is 0 Å². The standard InChI is InChI=1S/C16H20FNO/c1-10-7-12(8-11-3-2-4-11)14(9-15(10)17)16(19)18-13-5-6-13/h7,9,11,13H,2-6,8H2,1H3,(H,18,19). The third kappa shape index (κ3) is 2.80. The van der Waals surface area contributed by atoms with Crippen LogP contribution in [-0.4, -0.2) is 11.9 Å². The smallest absolute Gasteiger partial charge is 0.251 e. The van der Waals surface area contributed by atoms with E-state index < -0.39 is 0 Å². The van der Waals surface area contributed by atoms with Crippen LogP contribution in [0.3, 0.4) is 0 Å². The zero-order chi connectivity index (χ0) is 13.4. The van der Waals surface area contributed by atoms with Crippen LogP contribution < -0.4 is 5.32 Å². The molecule has 102 valence electrons. The summed E-state index contributed by atoms with van der Waals surface area (Å²) in [5.41, 5.74) is 2.20. The van der Waals surface area contributed by atoms with Gasteiger partial charge < -0.3 is 5.32 Å². The topological polar surface area (TPSA) is 29.1 Å². The van der Waals surface area contributed by atoms with Gasteiger partial charge in [-0.2, -0.15) is 0 Å². The predicted octanol–water partition coefficient (Wildman–Crippen LogP) is 3.37. The summed E-state index contributed by atoms with van der Waals surface area (Å²) in [5, 5.41) is 2.96. The summed E-state index contributed by atoms with van der Waals surface area (Å²) in [6.45, 7) is 1.77. The molecule has 0 saturated heterocycles. The summed E-state index contributed by atoms with van der Waals surface area (Å²) in [5.74, 6) is 0.298. The molecule has 3 heteroatoms. The highest BCUT2D eigenvalue weighted by molar-refractivity contribution is 5.96. The van der Waals surface area contributed by atoms with Gasteiger partial charge in [0.15, 0.2) is 0 Å². The van der Waals surface area contributed by atoms with Crippen molar-refractivity contribution in [1.29, 1.82) is 0 Å². The fraction of sp³-hybridized carbons (Fsp3) is 0.562. The van der Waals surface area contributed by atoms with Gasteiger partial charge in [0.25, 0.3) is 5.91 Å². The molecule has 0 radical (unpaired) electrons. The van der Waals surface area contributed by atoms with E-state index >= 15 is 0 Å². The minimum absolute atomic E-state index is 0.101. The van der Waals surface area contributed by atoms with E-state index in [0.29, 0.717) is 23.1 Å². The maximum Gasteiger partial charge on any atom is 0.251 e. The minimum Gasteiger partial charge on any atom is -0.349 e. The Morgan fingerprint density at radius 3 is 2.63 bits per heavy atom. The SMILES string of the molecule is Cc1cc(CC2CCC2)c(C(=O)NC2CC2)cc1F. The van der Waals surface area contributed by atoms with E-state index in [0.717, 1.165) is 24.8 Å². The summed E-state index contributed by atoms with van der Waals surface area (Å²) >= 11 is 0. The van der Waals surface area contributed by atoms with Crippen molar-refractivity contribution in [2.24, 2.45) is 5.92 Å². The molecule has 0 aromatic heterocycles. The van der Waals surface area contributed by atoms with Crippen LogP contribution in [0.1, 0.15) is 53.6 Å². The molecule has 1 aromatic carbocycles. The highest BCUT2D eigenvalue weighted by Gasteiger charge is 2.26. The van der Waals surface area contributed by atoms with E-state index in [-0.39, 0.29) is 11.7 Å². The van der Waals surface area contributed by atoms with Gasteiger partial charge in [0.2, 0.25) is 0 Å². The van der Waals surface area contributed by atoms with Crippen molar-refractivity contribution in [1.82, 2.24) is 5.32 Å². The lowest BCUT2D eigenvalue weighted by atomic mass is 9.79. The molecule has 2 nitrogen and oxygen atoms in total. The first-order chi connectivity index (χ1) is 9.13. The first-order valence-electron chi connectivity index (χ1n) is 7.23. The number of hydrogen-bond acceptors (Lipinski definition) is 1. The van der Waals surface area contributed by atoms with E-state index in [1.54, 1.807) is 6.92 Å². The number of carbonyl (C=O) groups is 1. The van der Waals surface area contributed by atoms with Gasteiger partial charge in [0.05, 0.1) is 0 Å². The molecule has 0 spiro atoms. The Morgan fingerprint density at radius 1 is 1.32 bits per heavy atom. The number of carbonyl (C=O) groups excluding carboxylic acids is 1. The first-order valence-corrected chi connectivity index (χ1v) is 7.23. The number of rotatable bonds is 4. The van der Waals surface area contributed by atoms with E-state index in [1.807, 2.05) is 6.07 Å². The van der Waals surface area contributed by atoms with Crippen molar-refractivity contribution >= 4 is 5.91 Å². The first kappa shape index (κ1) is 12.6. The van der Waals surface area contributed by atoms with Crippen molar-refractivity contribution in [2.45, 2.75) is 51.5 Å². The van der Waals surface area contributed by atoms with Crippen molar-refractivity contribution in [3.05, 3.63) is 34.6 Å². The second kappa shape index (κ2) is 4.95. The van der Waals surface area contributed by atoms with Gasteiger partial charge in [-0.05, 0) is 49.3 Å². The Morgan fingerprint density at radius 2 is 2.05 bits per heavy atom. The Labute approximate surface area is 113 Å². The molecule has 1 aromatic rings. The van der Waals surface area contributed by atoms with Crippen LogP contribution in [0.2, 0.25) is 0 Å². The van der Waals surface area contributed by atoms with Crippen molar-refractivity contribution in [2.75, 3.05) is 0 Å². The molecule has 1 N–H and O–H groups in total. The van der Waals surface area contributed by atoms with Gasteiger partial charge >= 0.3 is 0 Å². The monoisotopic (exact) mass is 261 g/mol. The molecule has 0 aliphatic heterocycles. The Kier molecular flexibility index (Phi) is 3.29. The maximum absolute atomic E-state index is 13.7. The molecule has 0 unspecified atom stereocenters. The molecule has 0 atom stereocenters. The van der Waals surface area contributed by atoms with Gasteiger partial charge in [-0.1, -0.05) is 25.3 Å². The third-order valence-electron chi connectivity index (χ3n) is 4.27. The van der Waals surface area contributed by atoms with Gasteiger partial charge in [-0.25, -0.2) is 4.39 Å². The van der Waals surface area contributed by atoms with E-state index in [2.05, 4.69) is 5.32 Å². The zero-order valence-electron chi connectivity index (χ0n) is 11.3. The minimum atomic E-state index is -0.279. The molecule has 1 amide bonds. The molecular formula is C16H20FNO. The maximum atomic E-state index is 13.7. The third-order valence-corrected chi connectivity index (χ3v) is 4.27. The van der Waals surface area contributed by atoms with Crippen LogP contribution in [0.15, 0.2) is 12.1 Å². The summed E-state index contributed by atoms with van der Waals surface area (Å²) in [7, 11) is 0. The average Bonchev–Trinajstić information content (AvgIpc) is 3.11. The molecule has 2 aliphatic rings. The van der Waals surface area contributed by atoms with Crippen LogP contribution >= 0.6 is 0 Å². The van der Waals surface area contributed by atoms with E-state index in [9.17, 15) is 9.18 Å². The number of nitrogens with one attached hydrogen (secondary N) is 1. The molecule has 2 fully saturated rings. The quantitative estimate of drug-likeness (QED) is 0.884. The molecule has 2 aliphatic carbocycles. The molecule has 0 bridgehead atoms. The lowest BCUT2D eigenvalue weighted by Gasteiger charge is -2.26. The fourth-order valence-electron chi connectivity index (χ4n) is 2.62. The molecule has 19 heavy (non-hydrogen) atoms. The summed E-state index contributed by atoms with van der Waals surface area (Å²) in [6.07, 6.45) is 6.78. The number of aryl methyl sites for hydroxylation is 1. The molecular weight excluding hydrogens is 241 g/mol. The largest absolute Gasteiger partial charge is 0.349 e. The van der Waals surface area contributed by atoms with Crippen LogP contribution in [0, 0.1) is 18.7 Å². The Hall–Kier alpha value is -1.38. The zero-order valence-corrected chi connectivity index (χ0v) is 11.3. The summed E-state index contributed by atoms with van der Waals surface area (Å²) in [4.78, 5) is 12.2. The molecule has 0 heterocycles. The van der Waals surface area contributed by atoms with Crippen LogP contribution in [0.5, 0.6) is 0 Å². The van der Waals surface area contributed by atoms with Gasteiger partial charge in [-0.15, -0.1) is 0 Å². The van der Waals surface area contributed by atoms with Crippen LogP contribution in [0.25, 0.3) is 0 Å². The normalized spacial score (nSPS) is 19.1. The van der Waals surface area contributed by atoms with Crippen molar-refractivity contribution in [3.8, 4) is 0 Å². The van der Waals surface area contributed by atoms with E-state index in [1.165, 1.54) is 25.3 Å². The van der Waals surface area contributed by atoms with Crippen LogP contribution in [-0.2, 0) is 6.42 Å². The van der Waals surface area contributed by atoms with Crippen molar-refractivity contribution < 1.29 is 9.18 Å². The van der Waals surface area contributed by atoms with E-state index in [4.69, 9.17) is 0 Å². The Bertz CT molecular complexity index is 504. The molecule has 3 rings (SSSR count). The molecule has 2 saturated carbocycles. The van der Waals surface area contributed by atoms with Gasteiger partial charge in [0, 0.05) is 11.6 Å². The predicted molar refractivity (Wildman–Crippen MR) is 72.7 cm³/mol. The fourth-order valence-corrected chi connectivity index (χ4v) is 2.62. The Balaban J connectivity index is 1.85. The lowest BCUT2D eigenvalue weighted by Crippen LogP contribution is -2.27. The highest BCUT2D eigenvalue weighted by Crippen LogP contribution is 2.31. The highest BCUT2D eigenvalue weighted by atomic mass is 19.1. The van der Waals surface area contributed by atoms with Gasteiger partial charge in [-0.3, -0.25) is 4.79 Å². The number of benzene rings is 1. The number of hydrogen-bond donors (Lipinski definition) is 1. The van der Waals surface area contributed by atoms with Gasteiger partial charge in [0.1, 0.15) is 5.82 Å². The van der Waals surface area contributed by atoms with Crippen LogP contribution in [0.4, 0.5) is 4.39 Å². The number of amides is 1.